The molecule has 1 unspecified atom stereocenters. The van der Waals surface area contributed by atoms with E-state index >= 15 is 0 Å². The van der Waals surface area contributed by atoms with Gasteiger partial charge in [0.25, 0.3) is 0 Å². The summed E-state index contributed by atoms with van der Waals surface area (Å²) in [6.07, 6.45) is 1.12. The van der Waals surface area contributed by atoms with Crippen LogP contribution in [0.15, 0.2) is 15.9 Å². The smallest absolute Gasteiger partial charge is 0.0825 e. The highest BCUT2D eigenvalue weighted by Gasteiger charge is 2.32. The maximum atomic E-state index is 5.60. The molecular weight excluding hydrogens is 286 g/mol. The van der Waals surface area contributed by atoms with Crippen LogP contribution in [0.5, 0.6) is 0 Å². The molecule has 0 bridgehead atoms. The Morgan fingerprint density at radius 3 is 2.69 bits per heavy atom. The summed E-state index contributed by atoms with van der Waals surface area (Å²) in [6, 6.07) is 2.32. The average molecular weight is 306 g/mol. The van der Waals surface area contributed by atoms with Gasteiger partial charge >= 0.3 is 0 Å². The first kappa shape index (κ1) is 14.2. The average Bonchev–Trinajstić information content (AvgIpc) is 2.65. The van der Waals surface area contributed by atoms with E-state index in [9.17, 15) is 0 Å². The topological polar surface area (TPSA) is 21.3 Å². The van der Waals surface area contributed by atoms with E-state index < -0.39 is 0 Å². The molecule has 0 aliphatic carbocycles. The molecule has 1 aromatic rings. The summed E-state index contributed by atoms with van der Waals surface area (Å²) < 4.78 is 6.76. The van der Waals surface area contributed by atoms with E-state index in [1.165, 1.54) is 4.88 Å². The van der Waals surface area contributed by atoms with Crippen LogP contribution < -0.4 is 5.32 Å². The van der Waals surface area contributed by atoms with Gasteiger partial charge in [-0.2, -0.15) is 0 Å². The van der Waals surface area contributed by atoms with Crippen molar-refractivity contribution < 1.29 is 4.74 Å². The number of rotatable bonds is 6. The minimum absolute atomic E-state index is 0.206. The van der Waals surface area contributed by atoms with Crippen LogP contribution in [0.4, 0.5) is 0 Å². The lowest BCUT2D eigenvalue weighted by molar-refractivity contribution is -0.0102. The van der Waals surface area contributed by atoms with E-state index in [0.717, 1.165) is 17.4 Å². The minimum atomic E-state index is -0.206. The normalized spacial score (nSPS) is 14.1. The van der Waals surface area contributed by atoms with Gasteiger partial charge in [0.2, 0.25) is 0 Å². The molecule has 1 N–H and O–H groups in total. The van der Waals surface area contributed by atoms with Crippen LogP contribution in [0.2, 0.25) is 0 Å². The lowest BCUT2D eigenvalue weighted by Gasteiger charge is -2.33. The second-order valence-corrected chi connectivity index (χ2v) is 6.13. The number of hydrogen-bond donors (Lipinski definition) is 1. The van der Waals surface area contributed by atoms with E-state index in [2.05, 4.69) is 53.5 Å². The largest absolute Gasteiger partial charge is 0.377 e. The summed E-state index contributed by atoms with van der Waals surface area (Å²) >= 11 is 5.36. The highest BCUT2D eigenvalue weighted by Crippen LogP contribution is 2.36. The fraction of sp³-hybridized carbons (Fsp3) is 0.667. The molecule has 0 aliphatic heterocycles. The Kier molecular flexibility index (Phi) is 5.44. The van der Waals surface area contributed by atoms with E-state index in [-0.39, 0.29) is 11.6 Å². The second-order valence-electron chi connectivity index (χ2n) is 4.33. The van der Waals surface area contributed by atoms with Crippen LogP contribution in [0.25, 0.3) is 0 Å². The number of thiophene rings is 1. The van der Waals surface area contributed by atoms with E-state index in [1.54, 1.807) is 18.4 Å². The van der Waals surface area contributed by atoms with E-state index in [1.807, 2.05) is 0 Å². The SMILES string of the molecule is CCCNC(c1sccc1Br)C(C)(C)OC. The summed E-state index contributed by atoms with van der Waals surface area (Å²) in [4.78, 5) is 1.31. The fourth-order valence-electron chi connectivity index (χ4n) is 1.57. The number of ether oxygens (including phenoxy) is 1. The van der Waals surface area contributed by atoms with Gasteiger partial charge in [-0.25, -0.2) is 0 Å². The predicted molar refractivity (Wildman–Crippen MR) is 74.1 cm³/mol. The molecule has 92 valence electrons. The first-order chi connectivity index (χ1) is 7.53. The fourth-order valence-corrected chi connectivity index (χ4v) is 3.42. The molecular formula is C12H20BrNOS. The van der Waals surface area contributed by atoms with Gasteiger partial charge in [-0.1, -0.05) is 6.92 Å². The van der Waals surface area contributed by atoms with Gasteiger partial charge in [0, 0.05) is 16.5 Å². The molecule has 0 saturated heterocycles. The molecule has 0 amide bonds. The van der Waals surface area contributed by atoms with Gasteiger partial charge in [0.15, 0.2) is 0 Å². The number of nitrogens with one attached hydrogen (secondary N) is 1. The van der Waals surface area contributed by atoms with Crippen molar-refractivity contribution in [1.29, 1.82) is 0 Å². The predicted octanol–water partition coefficient (Wildman–Crippen LogP) is 3.98. The van der Waals surface area contributed by atoms with Crippen molar-refractivity contribution in [3.05, 3.63) is 20.8 Å². The zero-order valence-corrected chi connectivity index (χ0v) is 12.7. The molecule has 0 saturated carbocycles. The van der Waals surface area contributed by atoms with Gasteiger partial charge in [-0.15, -0.1) is 11.3 Å². The Hall–Kier alpha value is 0.1000. The summed E-state index contributed by atoms with van der Waals surface area (Å²) in [5.41, 5.74) is -0.206. The van der Waals surface area contributed by atoms with E-state index in [0.29, 0.717) is 0 Å². The quantitative estimate of drug-likeness (QED) is 0.858. The van der Waals surface area contributed by atoms with Crippen molar-refractivity contribution >= 4 is 27.3 Å². The molecule has 16 heavy (non-hydrogen) atoms. The maximum absolute atomic E-state index is 5.60. The maximum Gasteiger partial charge on any atom is 0.0825 e. The summed E-state index contributed by atoms with van der Waals surface area (Å²) in [6.45, 7) is 7.41. The standard InChI is InChI=1S/C12H20BrNOS/c1-5-7-14-11(12(2,3)15-4)10-9(13)6-8-16-10/h6,8,11,14H,5,7H2,1-4H3. The molecule has 1 rings (SSSR count). The molecule has 0 radical (unpaired) electrons. The first-order valence-corrected chi connectivity index (χ1v) is 7.21. The zero-order valence-electron chi connectivity index (χ0n) is 10.3. The van der Waals surface area contributed by atoms with Crippen LogP contribution >= 0.6 is 27.3 Å². The number of halogens is 1. The van der Waals surface area contributed by atoms with Crippen LogP contribution in [-0.4, -0.2) is 19.3 Å². The lowest BCUT2D eigenvalue weighted by atomic mass is 9.97. The third-order valence-electron chi connectivity index (χ3n) is 2.73. The van der Waals surface area contributed by atoms with E-state index in [4.69, 9.17) is 4.74 Å². The Balaban J connectivity index is 2.92. The van der Waals surface area contributed by atoms with Crippen molar-refractivity contribution in [2.24, 2.45) is 0 Å². The number of methoxy groups -OCH3 is 1. The Morgan fingerprint density at radius 2 is 2.25 bits per heavy atom. The van der Waals surface area contributed by atoms with Crippen LogP contribution in [0.1, 0.15) is 38.1 Å². The molecule has 1 aromatic heterocycles. The van der Waals surface area contributed by atoms with Gasteiger partial charge in [-0.05, 0) is 54.2 Å². The first-order valence-electron chi connectivity index (χ1n) is 5.54. The zero-order chi connectivity index (χ0) is 12.2. The minimum Gasteiger partial charge on any atom is -0.377 e. The summed E-state index contributed by atoms with van der Waals surface area (Å²) in [5.74, 6) is 0. The monoisotopic (exact) mass is 305 g/mol. The second kappa shape index (κ2) is 6.15. The van der Waals surface area contributed by atoms with Gasteiger partial charge in [-0.3, -0.25) is 0 Å². The van der Waals surface area contributed by atoms with Crippen molar-refractivity contribution in [3.8, 4) is 0 Å². The molecule has 4 heteroatoms. The highest BCUT2D eigenvalue weighted by molar-refractivity contribution is 9.10. The van der Waals surface area contributed by atoms with Crippen molar-refractivity contribution in [2.45, 2.75) is 38.8 Å². The van der Waals surface area contributed by atoms with Crippen LogP contribution in [0.3, 0.4) is 0 Å². The Bertz CT molecular complexity index is 325. The van der Waals surface area contributed by atoms with Gasteiger partial charge in [0.1, 0.15) is 0 Å². The third-order valence-corrected chi connectivity index (χ3v) is 4.66. The van der Waals surface area contributed by atoms with Crippen LogP contribution in [0, 0.1) is 0 Å². The highest BCUT2D eigenvalue weighted by atomic mass is 79.9. The molecule has 1 heterocycles. The molecule has 0 spiro atoms. The Labute approximate surface area is 111 Å². The molecule has 0 fully saturated rings. The molecule has 0 aromatic carbocycles. The summed E-state index contributed by atoms with van der Waals surface area (Å²) in [7, 11) is 1.77. The Morgan fingerprint density at radius 1 is 1.56 bits per heavy atom. The van der Waals surface area contributed by atoms with Gasteiger partial charge < -0.3 is 10.1 Å². The molecule has 1 atom stereocenters. The van der Waals surface area contributed by atoms with Crippen molar-refractivity contribution in [2.75, 3.05) is 13.7 Å². The van der Waals surface area contributed by atoms with Crippen molar-refractivity contribution in [3.63, 3.8) is 0 Å². The van der Waals surface area contributed by atoms with Gasteiger partial charge in [0.05, 0.1) is 11.6 Å². The molecule has 2 nitrogen and oxygen atoms in total. The van der Waals surface area contributed by atoms with Crippen molar-refractivity contribution in [1.82, 2.24) is 5.32 Å². The molecule has 0 aliphatic rings. The number of hydrogen-bond acceptors (Lipinski definition) is 3. The lowest BCUT2D eigenvalue weighted by Crippen LogP contribution is -2.40. The third kappa shape index (κ3) is 3.29. The van der Waals surface area contributed by atoms with Crippen LogP contribution in [-0.2, 0) is 4.74 Å². The summed E-state index contributed by atoms with van der Waals surface area (Å²) in [5, 5.41) is 5.66.